The van der Waals surface area contributed by atoms with Gasteiger partial charge in [0.25, 0.3) is 0 Å². The lowest BCUT2D eigenvalue weighted by atomic mass is 10.0. The zero-order valence-electron chi connectivity index (χ0n) is 10.0. The van der Waals surface area contributed by atoms with Crippen LogP contribution in [0.1, 0.15) is 38.4 Å². The molecule has 2 heterocycles. The molecule has 1 aliphatic heterocycles. The second-order valence-electron chi connectivity index (χ2n) is 4.55. The monoisotopic (exact) mass is 220 g/mol. The normalized spacial score (nSPS) is 27.6. The molecule has 0 aliphatic carbocycles. The molecule has 0 saturated carbocycles. The zero-order valence-corrected chi connectivity index (χ0v) is 10.0. The van der Waals surface area contributed by atoms with E-state index in [-0.39, 0.29) is 0 Å². The molecular formula is C13H20N2O. The maximum atomic E-state index is 5.54. The predicted molar refractivity (Wildman–Crippen MR) is 64.2 cm³/mol. The molecule has 0 bridgehead atoms. The minimum atomic E-state index is 0.316. The number of nitrogens with zero attached hydrogens (tertiary/aromatic N) is 1. The van der Waals surface area contributed by atoms with Gasteiger partial charge in [0.1, 0.15) is 0 Å². The van der Waals surface area contributed by atoms with Crippen LogP contribution < -0.4 is 5.32 Å². The minimum Gasteiger partial charge on any atom is -0.378 e. The van der Waals surface area contributed by atoms with E-state index in [9.17, 15) is 0 Å². The summed E-state index contributed by atoms with van der Waals surface area (Å²) in [5.41, 5.74) is 1.11. The van der Waals surface area contributed by atoms with E-state index in [2.05, 4.69) is 30.2 Å². The summed E-state index contributed by atoms with van der Waals surface area (Å²) in [6, 6.07) is 6.93. The Hall–Kier alpha value is -0.930. The fourth-order valence-corrected chi connectivity index (χ4v) is 2.22. The molecule has 3 atom stereocenters. The third kappa shape index (κ3) is 3.03. The van der Waals surface area contributed by atoms with Crippen molar-refractivity contribution < 1.29 is 4.74 Å². The Kier molecular flexibility index (Phi) is 3.91. The molecular weight excluding hydrogens is 200 g/mol. The maximum Gasteiger partial charge on any atom is 0.0570 e. The highest BCUT2D eigenvalue weighted by Gasteiger charge is 2.21. The number of hydrogen-bond donors (Lipinski definition) is 1. The second kappa shape index (κ2) is 5.41. The molecule has 2 unspecified atom stereocenters. The molecule has 1 saturated heterocycles. The third-order valence-corrected chi connectivity index (χ3v) is 3.10. The number of aromatic nitrogens is 1. The predicted octanol–water partition coefficient (Wildman–Crippen LogP) is 2.30. The van der Waals surface area contributed by atoms with Crippen molar-refractivity contribution in [2.45, 2.75) is 44.9 Å². The Labute approximate surface area is 97.2 Å². The second-order valence-corrected chi connectivity index (χ2v) is 4.55. The van der Waals surface area contributed by atoms with Gasteiger partial charge in [0.15, 0.2) is 0 Å². The van der Waals surface area contributed by atoms with Gasteiger partial charge >= 0.3 is 0 Å². The van der Waals surface area contributed by atoms with Crippen molar-refractivity contribution in [3.05, 3.63) is 30.1 Å². The first kappa shape index (κ1) is 11.6. The molecule has 0 spiro atoms. The molecule has 1 aromatic rings. The van der Waals surface area contributed by atoms with E-state index < -0.39 is 0 Å². The van der Waals surface area contributed by atoms with Crippen LogP contribution in [0.25, 0.3) is 0 Å². The van der Waals surface area contributed by atoms with Crippen LogP contribution in [0.15, 0.2) is 24.4 Å². The molecule has 1 aromatic heterocycles. The standard InChI is InChI=1S/C13H20N2O/c1-10-9-12(6-8-16-10)15-11(2)13-5-3-4-7-14-13/h3-5,7,10-12,15H,6,8-9H2,1-2H3/t10?,11-,12?/m1/s1. The van der Waals surface area contributed by atoms with E-state index in [1.54, 1.807) is 0 Å². The summed E-state index contributed by atoms with van der Waals surface area (Å²) < 4.78 is 5.54. The fraction of sp³-hybridized carbons (Fsp3) is 0.615. The van der Waals surface area contributed by atoms with Gasteiger partial charge in [-0.2, -0.15) is 0 Å². The first-order valence-corrected chi connectivity index (χ1v) is 6.04. The number of pyridine rings is 1. The van der Waals surface area contributed by atoms with E-state index in [0.717, 1.165) is 25.1 Å². The van der Waals surface area contributed by atoms with Gasteiger partial charge in [0.05, 0.1) is 11.8 Å². The molecule has 1 aliphatic rings. The van der Waals surface area contributed by atoms with Crippen molar-refractivity contribution in [1.82, 2.24) is 10.3 Å². The van der Waals surface area contributed by atoms with Gasteiger partial charge in [0.2, 0.25) is 0 Å². The Morgan fingerprint density at radius 2 is 2.38 bits per heavy atom. The number of hydrogen-bond acceptors (Lipinski definition) is 3. The van der Waals surface area contributed by atoms with Crippen LogP contribution in [0, 0.1) is 0 Å². The molecule has 1 fully saturated rings. The lowest BCUT2D eigenvalue weighted by molar-refractivity contribution is 0.0115. The van der Waals surface area contributed by atoms with Crippen molar-refractivity contribution in [2.75, 3.05) is 6.61 Å². The van der Waals surface area contributed by atoms with Gasteiger partial charge in [-0.25, -0.2) is 0 Å². The summed E-state index contributed by atoms with van der Waals surface area (Å²) in [7, 11) is 0. The van der Waals surface area contributed by atoms with E-state index in [1.807, 2.05) is 18.3 Å². The lowest BCUT2D eigenvalue weighted by Crippen LogP contribution is -2.39. The largest absolute Gasteiger partial charge is 0.378 e. The molecule has 1 N–H and O–H groups in total. The summed E-state index contributed by atoms with van der Waals surface area (Å²) >= 11 is 0. The molecule has 0 aromatic carbocycles. The average molecular weight is 220 g/mol. The quantitative estimate of drug-likeness (QED) is 0.848. The van der Waals surface area contributed by atoms with Crippen molar-refractivity contribution in [3.8, 4) is 0 Å². The van der Waals surface area contributed by atoms with Crippen LogP contribution in [0.5, 0.6) is 0 Å². The Bertz CT molecular complexity index is 315. The molecule has 0 radical (unpaired) electrons. The lowest BCUT2D eigenvalue weighted by Gasteiger charge is -2.30. The molecule has 16 heavy (non-hydrogen) atoms. The van der Waals surface area contributed by atoms with E-state index in [0.29, 0.717) is 18.2 Å². The molecule has 2 rings (SSSR count). The van der Waals surface area contributed by atoms with Gasteiger partial charge < -0.3 is 10.1 Å². The highest BCUT2D eigenvalue weighted by atomic mass is 16.5. The van der Waals surface area contributed by atoms with Crippen LogP contribution >= 0.6 is 0 Å². The van der Waals surface area contributed by atoms with Crippen LogP contribution in [-0.4, -0.2) is 23.7 Å². The number of ether oxygens (including phenoxy) is 1. The van der Waals surface area contributed by atoms with Gasteiger partial charge in [-0.1, -0.05) is 6.07 Å². The SMILES string of the molecule is CC1CC(N[C@H](C)c2ccccn2)CCO1. The highest BCUT2D eigenvalue weighted by Crippen LogP contribution is 2.17. The van der Waals surface area contributed by atoms with E-state index >= 15 is 0 Å². The third-order valence-electron chi connectivity index (χ3n) is 3.10. The van der Waals surface area contributed by atoms with Crippen LogP contribution in [0.3, 0.4) is 0 Å². The number of nitrogens with one attached hydrogen (secondary N) is 1. The van der Waals surface area contributed by atoms with Crippen molar-refractivity contribution in [2.24, 2.45) is 0 Å². The molecule has 3 heteroatoms. The average Bonchev–Trinajstić information content (AvgIpc) is 2.30. The smallest absolute Gasteiger partial charge is 0.0570 e. The fourth-order valence-electron chi connectivity index (χ4n) is 2.22. The summed E-state index contributed by atoms with van der Waals surface area (Å²) in [5, 5.41) is 3.62. The topological polar surface area (TPSA) is 34.2 Å². The van der Waals surface area contributed by atoms with Crippen molar-refractivity contribution in [1.29, 1.82) is 0 Å². The van der Waals surface area contributed by atoms with Gasteiger partial charge in [-0.3, -0.25) is 4.98 Å². The summed E-state index contributed by atoms with van der Waals surface area (Å²) in [4.78, 5) is 4.37. The molecule has 88 valence electrons. The summed E-state index contributed by atoms with van der Waals surface area (Å²) in [6.07, 6.45) is 4.42. The van der Waals surface area contributed by atoms with E-state index in [4.69, 9.17) is 4.74 Å². The van der Waals surface area contributed by atoms with Gasteiger partial charge in [0, 0.05) is 24.9 Å². The van der Waals surface area contributed by atoms with Crippen LogP contribution in [0.4, 0.5) is 0 Å². The molecule has 3 nitrogen and oxygen atoms in total. The summed E-state index contributed by atoms with van der Waals surface area (Å²) in [6.45, 7) is 5.18. The minimum absolute atomic E-state index is 0.316. The highest BCUT2D eigenvalue weighted by molar-refractivity contribution is 5.07. The van der Waals surface area contributed by atoms with Crippen molar-refractivity contribution in [3.63, 3.8) is 0 Å². The maximum absolute atomic E-state index is 5.54. The van der Waals surface area contributed by atoms with Crippen LogP contribution in [-0.2, 0) is 4.74 Å². The number of rotatable bonds is 3. The van der Waals surface area contributed by atoms with Crippen LogP contribution in [0.2, 0.25) is 0 Å². The first-order chi connectivity index (χ1) is 7.75. The molecule has 0 amide bonds. The van der Waals surface area contributed by atoms with E-state index in [1.165, 1.54) is 0 Å². The first-order valence-electron chi connectivity index (χ1n) is 6.04. The Morgan fingerprint density at radius 3 is 3.06 bits per heavy atom. The Balaban J connectivity index is 1.89. The van der Waals surface area contributed by atoms with Crippen molar-refractivity contribution >= 4 is 0 Å². The zero-order chi connectivity index (χ0) is 11.4. The van der Waals surface area contributed by atoms with Gasteiger partial charge in [-0.15, -0.1) is 0 Å². The Morgan fingerprint density at radius 1 is 1.50 bits per heavy atom. The van der Waals surface area contributed by atoms with Gasteiger partial charge in [-0.05, 0) is 38.8 Å². The summed E-state index contributed by atoms with van der Waals surface area (Å²) in [5.74, 6) is 0.